The average molecular weight is 295 g/mol. The van der Waals surface area contributed by atoms with Crippen LogP contribution in [0.3, 0.4) is 0 Å². The Labute approximate surface area is 127 Å². The van der Waals surface area contributed by atoms with Gasteiger partial charge in [-0.3, -0.25) is 0 Å². The molecule has 4 heteroatoms. The van der Waals surface area contributed by atoms with Crippen LogP contribution in [0.15, 0.2) is 36.4 Å². The minimum Gasteiger partial charge on any atom is -0.399 e. The predicted molar refractivity (Wildman–Crippen MR) is 89.9 cm³/mol. The van der Waals surface area contributed by atoms with Crippen LogP contribution in [-0.4, -0.2) is 4.98 Å². The van der Waals surface area contributed by atoms with E-state index in [1.165, 1.54) is 21.5 Å². The van der Waals surface area contributed by atoms with Gasteiger partial charge in [-0.25, -0.2) is 4.98 Å². The highest BCUT2D eigenvalue weighted by molar-refractivity contribution is 7.18. The lowest BCUT2D eigenvalue weighted by atomic mass is 10.1. The number of aryl methyl sites for hydroxylation is 2. The van der Waals surface area contributed by atoms with Crippen molar-refractivity contribution in [1.82, 2.24) is 4.98 Å². The Balaban J connectivity index is 1.64. The lowest BCUT2D eigenvalue weighted by Gasteiger charge is -2.15. The largest absolute Gasteiger partial charge is 0.399 e. The Morgan fingerprint density at radius 1 is 1.24 bits per heavy atom. The van der Waals surface area contributed by atoms with E-state index in [1.54, 1.807) is 11.3 Å². The molecular weight excluding hydrogens is 278 g/mol. The number of nitrogen functional groups attached to an aromatic ring is 1. The molecule has 3 nitrogen and oxygen atoms in total. The topological polar surface area (TPSA) is 50.9 Å². The van der Waals surface area contributed by atoms with E-state index in [1.807, 2.05) is 6.07 Å². The van der Waals surface area contributed by atoms with Gasteiger partial charge in [-0.05, 0) is 61.2 Å². The van der Waals surface area contributed by atoms with Gasteiger partial charge in [0.25, 0.3) is 0 Å². The van der Waals surface area contributed by atoms with E-state index >= 15 is 0 Å². The zero-order valence-electron chi connectivity index (χ0n) is 11.9. The van der Waals surface area contributed by atoms with Crippen molar-refractivity contribution in [2.24, 2.45) is 0 Å². The Kier molecular flexibility index (Phi) is 2.86. The summed E-state index contributed by atoms with van der Waals surface area (Å²) in [4.78, 5) is 4.51. The zero-order chi connectivity index (χ0) is 14.4. The molecule has 0 radical (unpaired) electrons. The monoisotopic (exact) mass is 295 g/mol. The lowest BCUT2D eigenvalue weighted by Crippen LogP contribution is -2.06. The highest BCUT2D eigenvalue weighted by Crippen LogP contribution is 2.35. The molecule has 3 aromatic rings. The van der Waals surface area contributed by atoms with Gasteiger partial charge in [0, 0.05) is 11.4 Å². The number of benzene rings is 2. The van der Waals surface area contributed by atoms with Crippen LogP contribution in [0, 0.1) is 6.92 Å². The lowest BCUT2D eigenvalue weighted by molar-refractivity contribution is 0.762. The number of aromatic nitrogens is 1. The predicted octanol–water partition coefficient (Wildman–Crippen LogP) is 4.29. The smallest absolute Gasteiger partial charge is 0.0907 e. The van der Waals surface area contributed by atoms with Gasteiger partial charge < -0.3 is 11.1 Å². The molecule has 0 bridgehead atoms. The summed E-state index contributed by atoms with van der Waals surface area (Å²) in [7, 11) is 0. The summed E-state index contributed by atoms with van der Waals surface area (Å²) < 4.78 is 1.24. The number of thiazole rings is 1. The number of anilines is 2. The fourth-order valence-electron chi connectivity index (χ4n) is 3.12. The highest BCUT2D eigenvalue weighted by Gasteiger charge is 2.22. The third kappa shape index (κ3) is 2.25. The van der Waals surface area contributed by atoms with Crippen molar-refractivity contribution in [1.29, 1.82) is 0 Å². The minimum absolute atomic E-state index is 0.382. The van der Waals surface area contributed by atoms with Gasteiger partial charge in [-0.15, -0.1) is 11.3 Å². The summed E-state index contributed by atoms with van der Waals surface area (Å²) in [5.74, 6) is 0. The van der Waals surface area contributed by atoms with Crippen molar-refractivity contribution < 1.29 is 0 Å². The maximum Gasteiger partial charge on any atom is 0.0907 e. The second-order valence-corrected chi connectivity index (χ2v) is 6.84. The standard InChI is InChI=1S/C17H17N3S/c1-10-19-16-7-4-13(9-17(16)21-10)20-15-6-2-11-8-12(18)3-5-14(11)15/h3-5,7-9,15,20H,2,6,18H2,1H3. The molecular formula is C17H17N3S. The Morgan fingerprint density at radius 3 is 3.05 bits per heavy atom. The van der Waals surface area contributed by atoms with E-state index in [4.69, 9.17) is 5.73 Å². The van der Waals surface area contributed by atoms with Gasteiger partial charge in [0.1, 0.15) is 0 Å². The molecule has 1 aliphatic carbocycles. The van der Waals surface area contributed by atoms with E-state index in [0.29, 0.717) is 6.04 Å². The fraction of sp³-hybridized carbons (Fsp3) is 0.235. The summed E-state index contributed by atoms with van der Waals surface area (Å²) in [6.45, 7) is 2.05. The van der Waals surface area contributed by atoms with Gasteiger partial charge in [0.05, 0.1) is 21.3 Å². The number of rotatable bonds is 2. The van der Waals surface area contributed by atoms with Crippen LogP contribution < -0.4 is 11.1 Å². The number of nitrogens with two attached hydrogens (primary N) is 1. The number of nitrogens with zero attached hydrogens (tertiary/aromatic N) is 1. The van der Waals surface area contributed by atoms with Gasteiger partial charge >= 0.3 is 0 Å². The van der Waals surface area contributed by atoms with Crippen molar-refractivity contribution in [2.75, 3.05) is 11.1 Å². The van der Waals surface area contributed by atoms with Crippen molar-refractivity contribution in [3.63, 3.8) is 0 Å². The molecule has 1 aliphatic rings. The van der Waals surface area contributed by atoms with E-state index < -0.39 is 0 Å². The third-order valence-corrected chi connectivity index (χ3v) is 5.01. The van der Waals surface area contributed by atoms with Gasteiger partial charge in [0.2, 0.25) is 0 Å². The SMILES string of the molecule is Cc1nc2ccc(NC3CCc4cc(N)ccc43)cc2s1. The Morgan fingerprint density at radius 2 is 2.14 bits per heavy atom. The van der Waals surface area contributed by atoms with Crippen LogP contribution >= 0.6 is 11.3 Å². The van der Waals surface area contributed by atoms with E-state index in [9.17, 15) is 0 Å². The molecule has 1 atom stereocenters. The molecule has 3 N–H and O–H groups in total. The number of nitrogens with one attached hydrogen (secondary N) is 1. The van der Waals surface area contributed by atoms with Crippen LogP contribution in [0.1, 0.15) is 28.6 Å². The molecule has 1 heterocycles. The molecule has 0 saturated heterocycles. The van der Waals surface area contributed by atoms with Crippen molar-refractivity contribution >= 4 is 32.9 Å². The third-order valence-electron chi connectivity index (χ3n) is 4.08. The van der Waals surface area contributed by atoms with Crippen LogP contribution in [0.5, 0.6) is 0 Å². The summed E-state index contributed by atoms with van der Waals surface area (Å²) >= 11 is 1.74. The molecule has 0 spiro atoms. The van der Waals surface area contributed by atoms with Gasteiger partial charge in [-0.1, -0.05) is 6.07 Å². The summed E-state index contributed by atoms with van der Waals surface area (Å²) in [6, 6.07) is 13.1. The van der Waals surface area contributed by atoms with Crippen molar-refractivity contribution in [3.05, 3.63) is 52.5 Å². The second-order valence-electron chi connectivity index (χ2n) is 5.61. The molecule has 1 unspecified atom stereocenters. The fourth-order valence-corrected chi connectivity index (χ4v) is 3.98. The zero-order valence-corrected chi connectivity index (χ0v) is 12.7. The normalized spacial score (nSPS) is 17.1. The van der Waals surface area contributed by atoms with E-state index in [2.05, 4.69) is 47.6 Å². The van der Waals surface area contributed by atoms with E-state index in [0.717, 1.165) is 29.1 Å². The van der Waals surface area contributed by atoms with Crippen molar-refractivity contribution in [2.45, 2.75) is 25.8 Å². The summed E-state index contributed by atoms with van der Waals surface area (Å²) in [5.41, 5.74) is 11.7. The molecule has 1 aromatic heterocycles. The molecule has 4 rings (SSSR count). The number of hydrogen-bond donors (Lipinski definition) is 2. The van der Waals surface area contributed by atoms with E-state index in [-0.39, 0.29) is 0 Å². The average Bonchev–Trinajstić information content (AvgIpc) is 3.01. The first-order valence-electron chi connectivity index (χ1n) is 7.21. The van der Waals surface area contributed by atoms with Crippen LogP contribution in [0.4, 0.5) is 11.4 Å². The summed E-state index contributed by atoms with van der Waals surface area (Å²) in [5, 5.41) is 4.77. The Hall–Kier alpha value is -2.07. The first-order valence-corrected chi connectivity index (χ1v) is 8.03. The molecule has 106 valence electrons. The number of fused-ring (bicyclic) bond motifs is 2. The van der Waals surface area contributed by atoms with Crippen LogP contribution in [0.2, 0.25) is 0 Å². The molecule has 2 aromatic carbocycles. The minimum atomic E-state index is 0.382. The molecule has 21 heavy (non-hydrogen) atoms. The van der Waals surface area contributed by atoms with Crippen LogP contribution in [-0.2, 0) is 6.42 Å². The molecule has 0 saturated carbocycles. The number of hydrogen-bond acceptors (Lipinski definition) is 4. The van der Waals surface area contributed by atoms with Crippen molar-refractivity contribution in [3.8, 4) is 0 Å². The maximum absolute atomic E-state index is 5.87. The van der Waals surface area contributed by atoms with Gasteiger partial charge in [0.15, 0.2) is 0 Å². The quantitative estimate of drug-likeness (QED) is 0.694. The van der Waals surface area contributed by atoms with Gasteiger partial charge in [-0.2, -0.15) is 0 Å². The first-order chi connectivity index (χ1) is 10.2. The first kappa shape index (κ1) is 12.7. The summed E-state index contributed by atoms with van der Waals surface area (Å²) in [6.07, 6.45) is 2.22. The maximum atomic E-state index is 5.87. The second kappa shape index (κ2) is 4.74. The molecule has 0 aliphatic heterocycles. The molecule has 0 amide bonds. The van der Waals surface area contributed by atoms with Crippen LogP contribution in [0.25, 0.3) is 10.2 Å². The Bertz CT molecular complexity index is 822. The molecule has 0 fully saturated rings. The highest BCUT2D eigenvalue weighted by atomic mass is 32.1.